The first-order valence-corrected chi connectivity index (χ1v) is 6.79. The van der Waals surface area contributed by atoms with E-state index in [1.54, 1.807) is 11.8 Å². The molecule has 0 fully saturated rings. The lowest BCUT2D eigenvalue weighted by Crippen LogP contribution is -2.38. The Morgan fingerprint density at radius 3 is 2.95 bits per heavy atom. The van der Waals surface area contributed by atoms with E-state index in [0.717, 1.165) is 11.3 Å². The van der Waals surface area contributed by atoms with Gasteiger partial charge in [0.2, 0.25) is 0 Å². The minimum Gasteiger partial charge on any atom is -0.482 e. The van der Waals surface area contributed by atoms with E-state index < -0.39 is 0 Å². The molecule has 2 aromatic rings. The van der Waals surface area contributed by atoms with Gasteiger partial charge < -0.3 is 19.3 Å². The average molecular weight is 288 g/mol. The summed E-state index contributed by atoms with van der Waals surface area (Å²) in [6.07, 6.45) is 0. The molecule has 1 N–H and O–H groups in total. The summed E-state index contributed by atoms with van der Waals surface area (Å²) in [5.74, 6) is 1.19. The molecule has 1 aliphatic rings. The summed E-state index contributed by atoms with van der Waals surface area (Å²) in [7, 11) is 0. The van der Waals surface area contributed by atoms with Crippen molar-refractivity contribution in [1.29, 1.82) is 0 Å². The molecular weight excluding hydrogens is 272 g/mol. The Morgan fingerprint density at radius 1 is 1.43 bits per heavy atom. The van der Waals surface area contributed by atoms with E-state index >= 15 is 0 Å². The lowest BCUT2D eigenvalue weighted by atomic mass is 10.0. The number of anilines is 1. The second-order valence-corrected chi connectivity index (χ2v) is 4.83. The fourth-order valence-electron chi connectivity index (χ4n) is 2.50. The standard InChI is InChI=1S/C15H16N2O4/c1-3-17-12-6-10(4-5-13(12)20-8-14(17)19)15-11(7-18)9(2)21-16-15/h4-6,18H,3,7-8H2,1-2H3. The summed E-state index contributed by atoms with van der Waals surface area (Å²) in [4.78, 5) is 13.6. The molecule has 1 aromatic heterocycles. The molecule has 1 amide bonds. The van der Waals surface area contributed by atoms with Gasteiger partial charge in [-0.2, -0.15) is 0 Å². The van der Waals surface area contributed by atoms with Crippen LogP contribution in [-0.4, -0.2) is 29.3 Å². The van der Waals surface area contributed by atoms with Crippen LogP contribution in [0.3, 0.4) is 0 Å². The maximum absolute atomic E-state index is 11.9. The van der Waals surface area contributed by atoms with Crippen molar-refractivity contribution in [3.8, 4) is 17.0 Å². The van der Waals surface area contributed by atoms with Gasteiger partial charge in [-0.05, 0) is 32.0 Å². The average Bonchev–Trinajstić information content (AvgIpc) is 2.87. The molecule has 0 aliphatic carbocycles. The number of hydrogen-bond acceptors (Lipinski definition) is 5. The molecule has 0 unspecified atom stereocenters. The molecular formula is C15H16N2O4. The van der Waals surface area contributed by atoms with E-state index in [1.165, 1.54) is 0 Å². The van der Waals surface area contributed by atoms with Crippen molar-refractivity contribution in [2.24, 2.45) is 0 Å². The predicted molar refractivity (Wildman–Crippen MR) is 76.1 cm³/mol. The van der Waals surface area contributed by atoms with Gasteiger partial charge in [-0.3, -0.25) is 4.79 Å². The number of hydrogen-bond donors (Lipinski definition) is 1. The number of ether oxygens (including phenoxy) is 1. The van der Waals surface area contributed by atoms with Crippen LogP contribution in [0.25, 0.3) is 11.3 Å². The van der Waals surface area contributed by atoms with Crippen LogP contribution < -0.4 is 9.64 Å². The highest BCUT2D eigenvalue weighted by Gasteiger charge is 2.25. The Balaban J connectivity index is 2.10. The smallest absolute Gasteiger partial charge is 0.265 e. The van der Waals surface area contributed by atoms with Crippen LogP contribution in [-0.2, 0) is 11.4 Å². The molecule has 0 bridgehead atoms. The van der Waals surface area contributed by atoms with Crippen molar-refractivity contribution in [1.82, 2.24) is 5.16 Å². The first-order chi connectivity index (χ1) is 10.2. The molecule has 1 aromatic carbocycles. The SMILES string of the molecule is CCN1C(=O)COc2ccc(-c3noc(C)c3CO)cc21. The minimum atomic E-state index is -0.144. The molecule has 6 heteroatoms. The molecule has 1 aliphatic heterocycles. The van der Waals surface area contributed by atoms with Crippen LogP contribution >= 0.6 is 0 Å². The van der Waals surface area contributed by atoms with E-state index in [-0.39, 0.29) is 19.1 Å². The summed E-state index contributed by atoms with van der Waals surface area (Å²) >= 11 is 0. The highest BCUT2D eigenvalue weighted by molar-refractivity contribution is 5.98. The third kappa shape index (κ3) is 2.17. The van der Waals surface area contributed by atoms with Crippen LogP contribution in [0.2, 0.25) is 0 Å². The third-order valence-corrected chi connectivity index (χ3v) is 3.63. The normalized spacial score (nSPS) is 14.0. The number of aliphatic hydroxyl groups is 1. The fourth-order valence-corrected chi connectivity index (χ4v) is 2.50. The topological polar surface area (TPSA) is 75.8 Å². The van der Waals surface area contributed by atoms with Crippen LogP contribution in [0.5, 0.6) is 5.75 Å². The van der Waals surface area contributed by atoms with E-state index in [1.807, 2.05) is 25.1 Å². The van der Waals surface area contributed by atoms with Crippen molar-refractivity contribution < 1.29 is 19.2 Å². The molecule has 0 spiro atoms. The second-order valence-electron chi connectivity index (χ2n) is 4.83. The Kier molecular flexibility index (Phi) is 3.39. The van der Waals surface area contributed by atoms with Gasteiger partial charge in [-0.15, -0.1) is 0 Å². The molecule has 0 atom stereocenters. The summed E-state index contributed by atoms with van der Waals surface area (Å²) in [5.41, 5.74) is 2.75. The van der Waals surface area contributed by atoms with Gasteiger partial charge in [0.25, 0.3) is 5.91 Å². The number of benzene rings is 1. The number of rotatable bonds is 3. The van der Waals surface area contributed by atoms with Gasteiger partial charge >= 0.3 is 0 Å². The summed E-state index contributed by atoms with van der Waals surface area (Å²) < 4.78 is 10.6. The minimum absolute atomic E-state index is 0.0607. The van der Waals surface area contributed by atoms with E-state index in [9.17, 15) is 9.90 Å². The first-order valence-electron chi connectivity index (χ1n) is 6.79. The molecule has 6 nitrogen and oxygen atoms in total. The van der Waals surface area contributed by atoms with Crippen molar-refractivity contribution in [2.45, 2.75) is 20.5 Å². The lowest BCUT2D eigenvalue weighted by molar-refractivity contribution is -0.121. The highest BCUT2D eigenvalue weighted by atomic mass is 16.5. The molecule has 0 saturated heterocycles. The maximum atomic E-state index is 11.9. The zero-order valence-electron chi connectivity index (χ0n) is 11.9. The number of nitrogens with zero attached hydrogens (tertiary/aromatic N) is 2. The molecule has 0 radical (unpaired) electrons. The number of carbonyl (C=O) groups is 1. The number of likely N-dealkylation sites (N-methyl/N-ethyl adjacent to an activating group) is 1. The fraction of sp³-hybridized carbons (Fsp3) is 0.333. The van der Waals surface area contributed by atoms with Crippen LogP contribution in [0.4, 0.5) is 5.69 Å². The van der Waals surface area contributed by atoms with Crippen LogP contribution in [0.1, 0.15) is 18.2 Å². The van der Waals surface area contributed by atoms with E-state index in [4.69, 9.17) is 9.26 Å². The monoisotopic (exact) mass is 288 g/mol. The molecule has 21 heavy (non-hydrogen) atoms. The van der Waals surface area contributed by atoms with Crippen molar-refractivity contribution in [3.63, 3.8) is 0 Å². The van der Waals surface area contributed by atoms with Crippen molar-refractivity contribution >= 4 is 11.6 Å². The second kappa shape index (κ2) is 5.21. The quantitative estimate of drug-likeness (QED) is 0.933. The zero-order valence-corrected chi connectivity index (χ0v) is 11.9. The van der Waals surface area contributed by atoms with Gasteiger partial charge in [0.05, 0.1) is 12.3 Å². The van der Waals surface area contributed by atoms with E-state index in [2.05, 4.69) is 5.16 Å². The van der Waals surface area contributed by atoms with Gasteiger partial charge in [0, 0.05) is 17.7 Å². The molecule has 2 heterocycles. The summed E-state index contributed by atoms with van der Waals surface area (Å²) in [6, 6.07) is 5.50. The largest absolute Gasteiger partial charge is 0.482 e. The van der Waals surface area contributed by atoms with Crippen LogP contribution in [0, 0.1) is 6.92 Å². The molecule has 3 rings (SSSR count). The van der Waals surface area contributed by atoms with Gasteiger partial charge in [0.1, 0.15) is 17.2 Å². The maximum Gasteiger partial charge on any atom is 0.265 e. The number of aromatic nitrogens is 1. The number of aliphatic hydroxyl groups excluding tert-OH is 1. The molecule has 0 saturated carbocycles. The van der Waals surface area contributed by atoms with Gasteiger partial charge in [-0.25, -0.2) is 0 Å². The van der Waals surface area contributed by atoms with E-state index in [0.29, 0.717) is 29.3 Å². The third-order valence-electron chi connectivity index (χ3n) is 3.63. The van der Waals surface area contributed by atoms with Crippen LogP contribution in [0.15, 0.2) is 22.7 Å². The number of amides is 1. The Labute approximate surface area is 121 Å². The Hall–Kier alpha value is -2.34. The van der Waals surface area contributed by atoms with Gasteiger partial charge in [-0.1, -0.05) is 5.16 Å². The molecule has 110 valence electrons. The summed E-state index contributed by atoms with van der Waals surface area (Å²) in [5, 5.41) is 13.4. The first kappa shape index (κ1) is 13.6. The summed E-state index contributed by atoms with van der Waals surface area (Å²) in [6.45, 7) is 4.16. The Bertz CT molecular complexity index is 693. The van der Waals surface area contributed by atoms with Crippen molar-refractivity contribution in [3.05, 3.63) is 29.5 Å². The Morgan fingerprint density at radius 2 is 2.24 bits per heavy atom. The number of carbonyl (C=O) groups excluding carboxylic acids is 1. The number of fused-ring (bicyclic) bond motifs is 1. The number of aryl methyl sites for hydroxylation is 1. The predicted octanol–water partition coefficient (Wildman–Crippen LogP) is 1.89. The highest BCUT2D eigenvalue weighted by Crippen LogP contribution is 2.36. The van der Waals surface area contributed by atoms with Crippen molar-refractivity contribution in [2.75, 3.05) is 18.1 Å². The van der Waals surface area contributed by atoms with Gasteiger partial charge in [0.15, 0.2) is 6.61 Å². The lowest BCUT2D eigenvalue weighted by Gasteiger charge is -2.28. The zero-order chi connectivity index (χ0) is 15.0.